The van der Waals surface area contributed by atoms with Crippen molar-refractivity contribution in [3.05, 3.63) is 34.6 Å². The predicted octanol–water partition coefficient (Wildman–Crippen LogP) is 3.09. The summed E-state index contributed by atoms with van der Waals surface area (Å²) in [4.78, 5) is 2.34. The molecule has 1 aromatic carbocycles. The van der Waals surface area contributed by atoms with Crippen LogP contribution in [0.1, 0.15) is 18.7 Å². The molecule has 0 saturated carbocycles. The van der Waals surface area contributed by atoms with Crippen LogP contribution in [0.15, 0.2) is 33.2 Å². The van der Waals surface area contributed by atoms with Gasteiger partial charge in [-0.25, -0.2) is 0 Å². The molecule has 94 valence electrons. The highest BCUT2D eigenvalue weighted by Crippen LogP contribution is 2.27. The van der Waals surface area contributed by atoms with E-state index >= 15 is 0 Å². The summed E-state index contributed by atoms with van der Waals surface area (Å²) in [6.45, 7) is 3.02. The highest BCUT2D eigenvalue weighted by Gasteiger charge is 2.16. The van der Waals surface area contributed by atoms with E-state index in [1.807, 2.05) is 24.3 Å². The number of rotatable bonds is 3. The Bertz CT molecular complexity index is 535. The summed E-state index contributed by atoms with van der Waals surface area (Å²) in [6.07, 6.45) is 2.54. The summed E-state index contributed by atoms with van der Waals surface area (Å²) in [5.74, 6) is 1.28. The molecular weight excluding hydrogens is 294 g/mol. The van der Waals surface area contributed by atoms with Crippen LogP contribution in [0, 0.1) is 0 Å². The summed E-state index contributed by atoms with van der Waals surface area (Å²) in [5.41, 5.74) is 0.942. The molecule has 0 radical (unpaired) electrons. The van der Waals surface area contributed by atoms with Crippen molar-refractivity contribution in [2.24, 2.45) is 0 Å². The largest absolute Gasteiger partial charge is 0.419 e. The normalized spacial score (nSPS) is 16.3. The molecule has 1 saturated heterocycles. The monoisotopic (exact) mass is 307 g/mol. The fourth-order valence-electron chi connectivity index (χ4n) is 2.19. The van der Waals surface area contributed by atoms with E-state index in [2.05, 4.69) is 31.0 Å². The van der Waals surface area contributed by atoms with Gasteiger partial charge in [-0.3, -0.25) is 4.90 Å². The van der Waals surface area contributed by atoms with Crippen LogP contribution in [0.25, 0.3) is 11.5 Å². The number of nitrogens with zero attached hydrogens (tertiary/aromatic N) is 3. The Morgan fingerprint density at radius 1 is 1.17 bits per heavy atom. The average Bonchev–Trinajstić information content (AvgIpc) is 3.02. The lowest BCUT2D eigenvalue weighted by molar-refractivity contribution is 0.292. The minimum Gasteiger partial charge on any atom is -0.419 e. The van der Waals surface area contributed by atoms with Crippen molar-refractivity contribution in [2.75, 3.05) is 13.1 Å². The van der Waals surface area contributed by atoms with Crippen molar-refractivity contribution in [3.8, 4) is 11.5 Å². The molecule has 4 nitrogen and oxygen atoms in total. The zero-order valence-electron chi connectivity index (χ0n) is 9.97. The molecule has 0 spiro atoms. The first-order valence-electron chi connectivity index (χ1n) is 6.12. The van der Waals surface area contributed by atoms with E-state index in [4.69, 9.17) is 4.42 Å². The van der Waals surface area contributed by atoms with Gasteiger partial charge in [0.05, 0.1) is 12.1 Å². The van der Waals surface area contributed by atoms with Gasteiger partial charge in [-0.05, 0) is 54.0 Å². The number of aromatic nitrogens is 2. The highest BCUT2D eigenvalue weighted by molar-refractivity contribution is 9.10. The number of hydrogen-bond donors (Lipinski definition) is 0. The topological polar surface area (TPSA) is 42.2 Å². The van der Waals surface area contributed by atoms with Gasteiger partial charge in [0.25, 0.3) is 0 Å². The molecule has 0 atom stereocenters. The van der Waals surface area contributed by atoms with Gasteiger partial charge in [0.15, 0.2) is 0 Å². The maximum atomic E-state index is 5.72. The predicted molar refractivity (Wildman–Crippen MR) is 71.9 cm³/mol. The Labute approximate surface area is 114 Å². The van der Waals surface area contributed by atoms with Crippen LogP contribution in [0.3, 0.4) is 0 Å². The second-order valence-corrected chi connectivity index (χ2v) is 5.32. The molecule has 0 amide bonds. The van der Waals surface area contributed by atoms with Crippen molar-refractivity contribution in [3.63, 3.8) is 0 Å². The van der Waals surface area contributed by atoms with E-state index in [9.17, 15) is 0 Å². The first kappa shape index (κ1) is 11.9. The van der Waals surface area contributed by atoms with Crippen LogP contribution >= 0.6 is 15.9 Å². The van der Waals surface area contributed by atoms with E-state index in [1.165, 1.54) is 12.8 Å². The standard InChI is InChI=1S/C13H14BrN3O/c14-11-6-2-1-5-10(11)13-16-15-12(18-13)9-17-7-3-4-8-17/h1-2,5-6H,3-4,7-9H2. The third kappa shape index (κ3) is 2.47. The SMILES string of the molecule is Brc1ccccc1-c1nnc(CN2CCCC2)o1. The minimum absolute atomic E-state index is 0.580. The third-order valence-electron chi connectivity index (χ3n) is 3.13. The van der Waals surface area contributed by atoms with E-state index < -0.39 is 0 Å². The lowest BCUT2D eigenvalue weighted by Gasteiger charge is -2.10. The van der Waals surface area contributed by atoms with Crippen molar-refractivity contribution in [1.82, 2.24) is 15.1 Å². The number of hydrogen-bond acceptors (Lipinski definition) is 4. The molecule has 0 bridgehead atoms. The van der Waals surface area contributed by atoms with Gasteiger partial charge in [-0.2, -0.15) is 0 Å². The maximum absolute atomic E-state index is 5.72. The Hall–Kier alpha value is -1.20. The first-order chi connectivity index (χ1) is 8.83. The lowest BCUT2D eigenvalue weighted by Crippen LogP contribution is -2.18. The van der Waals surface area contributed by atoms with Gasteiger partial charge < -0.3 is 4.42 Å². The maximum Gasteiger partial charge on any atom is 0.248 e. The van der Waals surface area contributed by atoms with E-state index in [-0.39, 0.29) is 0 Å². The van der Waals surface area contributed by atoms with Crippen molar-refractivity contribution < 1.29 is 4.42 Å². The zero-order valence-corrected chi connectivity index (χ0v) is 11.6. The van der Waals surface area contributed by atoms with Gasteiger partial charge in [0.1, 0.15) is 0 Å². The molecule has 3 rings (SSSR count). The fourth-order valence-corrected chi connectivity index (χ4v) is 2.65. The van der Waals surface area contributed by atoms with E-state index in [0.717, 1.165) is 29.7 Å². The molecule has 2 heterocycles. The van der Waals surface area contributed by atoms with Crippen LogP contribution in [0.4, 0.5) is 0 Å². The lowest BCUT2D eigenvalue weighted by atomic mass is 10.2. The molecule has 1 aromatic heterocycles. The van der Waals surface area contributed by atoms with Crippen LogP contribution < -0.4 is 0 Å². The number of likely N-dealkylation sites (tertiary alicyclic amines) is 1. The van der Waals surface area contributed by atoms with Crippen molar-refractivity contribution in [2.45, 2.75) is 19.4 Å². The summed E-state index contributed by atoms with van der Waals surface area (Å²) < 4.78 is 6.69. The van der Waals surface area contributed by atoms with Crippen LogP contribution in [-0.2, 0) is 6.54 Å². The smallest absolute Gasteiger partial charge is 0.248 e. The summed E-state index contributed by atoms with van der Waals surface area (Å²) in [5, 5.41) is 8.23. The van der Waals surface area contributed by atoms with Gasteiger partial charge in [-0.15, -0.1) is 10.2 Å². The molecule has 1 aliphatic rings. The van der Waals surface area contributed by atoms with Gasteiger partial charge in [0, 0.05) is 4.47 Å². The second kappa shape index (κ2) is 5.20. The zero-order chi connectivity index (χ0) is 12.4. The summed E-state index contributed by atoms with van der Waals surface area (Å²) in [7, 11) is 0. The molecule has 1 aliphatic heterocycles. The van der Waals surface area contributed by atoms with E-state index in [0.29, 0.717) is 11.8 Å². The quantitative estimate of drug-likeness (QED) is 0.874. The van der Waals surface area contributed by atoms with Crippen LogP contribution in [0.5, 0.6) is 0 Å². The van der Waals surface area contributed by atoms with Crippen molar-refractivity contribution in [1.29, 1.82) is 0 Å². The molecule has 5 heteroatoms. The molecule has 0 unspecified atom stereocenters. The number of benzene rings is 1. The van der Waals surface area contributed by atoms with Gasteiger partial charge in [0.2, 0.25) is 11.8 Å². The molecule has 0 N–H and O–H groups in total. The minimum atomic E-state index is 0.580. The Kier molecular flexibility index (Phi) is 3.43. The number of halogens is 1. The summed E-state index contributed by atoms with van der Waals surface area (Å²) in [6, 6.07) is 7.87. The van der Waals surface area contributed by atoms with E-state index in [1.54, 1.807) is 0 Å². The molecule has 18 heavy (non-hydrogen) atoms. The Morgan fingerprint density at radius 2 is 1.94 bits per heavy atom. The fraction of sp³-hybridized carbons (Fsp3) is 0.385. The summed E-state index contributed by atoms with van der Waals surface area (Å²) >= 11 is 3.49. The van der Waals surface area contributed by atoms with Crippen LogP contribution in [-0.4, -0.2) is 28.2 Å². The Morgan fingerprint density at radius 3 is 2.72 bits per heavy atom. The molecule has 2 aromatic rings. The second-order valence-electron chi connectivity index (χ2n) is 4.46. The molecular formula is C13H14BrN3O. The third-order valence-corrected chi connectivity index (χ3v) is 3.82. The first-order valence-corrected chi connectivity index (χ1v) is 6.92. The average molecular weight is 308 g/mol. The molecule has 0 aliphatic carbocycles. The van der Waals surface area contributed by atoms with Crippen molar-refractivity contribution >= 4 is 15.9 Å². The molecule has 1 fully saturated rings. The highest BCUT2D eigenvalue weighted by atomic mass is 79.9. The van der Waals surface area contributed by atoms with Gasteiger partial charge in [-0.1, -0.05) is 12.1 Å². The van der Waals surface area contributed by atoms with Crippen LogP contribution in [0.2, 0.25) is 0 Å². The van der Waals surface area contributed by atoms with Gasteiger partial charge >= 0.3 is 0 Å². The Balaban J connectivity index is 1.79.